The van der Waals surface area contributed by atoms with Crippen LogP contribution in [-0.2, 0) is 5.41 Å². The minimum atomic E-state index is -2.62. The van der Waals surface area contributed by atoms with Gasteiger partial charge in [-0.1, -0.05) is 18.2 Å². The quantitative estimate of drug-likeness (QED) is 0.856. The average molecular weight is 239 g/mol. The van der Waals surface area contributed by atoms with Crippen molar-refractivity contribution in [3.8, 4) is 0 Å². The predicted molar refractivity (Wildman–Crippen MR) is 62.1 cm³/mol. The Hall–Kier alpha value is -1.00. The minimum Gasteiger partial charge on any atom is -0.329 e. The zero-order valence-corrected chi connectivity index (χ0v) is 9.36. The molecule has 2 N–H and O–H groups in total. The second kappa shape index (κ2) is 3.02. The largest absolute Gasteiger partial charge is 0.329 e. The van der Waals surface area contributed by atoms with Crippen molar-refractivity contribution in [2.45, 2.75) is 17.8 Å². The Morgan fingerprint density at radius 1 is 1.31 bits per heavy atom. The van der Waals surface area contributed by atoms with E-state index < -0.39 is 11.3 Å². The highest BCUT2D eigenvalue weighted by molar-refractivity contribution is 7.19. The van der Waals surface area contributed by atoms with Gasteiger partial charge < -0.3 is 5.73 Å². The zero-order valence-electron chi connectivity index (χ0n) is 8.54. The van der Waals surface area contributed by atoms with Crippen LogP contribution in [0.4, 0.5) is 8.78 Å². The van der Waals surface area contributed by atoms with E-state index in [4.69, 9.17) is 5.73 Å². The SMILES string of the molecule is NCC1(c2cc3ccccc3s2)CC1(F)F. The number of alkyl halides is 2. The van der Waals surface area contributed by atoms with Crippen molar-refractivity contribution in [1.29, 1.82) is 0 Å². The molecule has 1 aromatic heterocycles. The van der Waals surface area contributed by atoms with Gasteiger partial charge in [0, 0.05) is 22.5 Å². The summed E-state index contributed by atoms with van der Waals surface area (Å²) < 4.78 is 27.8. The summed E-state index contributed by atoms with van der Waals surface area (Å²) in [6.07, 6.45) is -0.108. The molecule has 1 aliphatic carbocycles. The highest BCUT2D eigenvalue weighted by Gasteiger charge is 2.71. The Balaban J connectivity index is 2.13. The summed E-state index contributed by atoms with van der Waals surface area (Å²) in [4.78, 5) is 0.723. The van der Waals surface area contributed by atoms with Gasteiger partial charge in [0.2, 0.25) is 0 Å². The highest BCUT2D eigenvalue weighted by atomic mass is 32.1. The van der Waals surface area contributed by atoms with E-state index in [-0.39, 0.29) is 13.0 Å². The van der Waals surface area contributed by atoms with Gasteiger partial charge in [0.25, 0.3) is 5.92 Å². The number of fused-ring (bicyclic) bond motifs is 1. The van der Waals surface area contributed by atoms with E-state index in [1.54, 1.807) is 0 Å². The summed E-state index contributed by atoms with van der Waals surface area (Å²) in [5.74, 6) is -2.62. The van der Waals surface area contributed by atoms with E-state index in [2.05, 4.69) is 0 Å². The number of hydrogen-bond acceptors (Lipinski definition) is 2. The molecule has 0 amide bonds. The van der Waals surface area contributed by atoms with Gasteiger partial charge in [-0.3, -0.25) is 0 Å². The van der Waals surface area contributed by atoms with Crippen molar-refractivity contribution in [3.05, 3.63) is 35.2 Å². The van der Waals surface area contributed by atoms with Crippen molar-refractivity contribution in [2.24, 2.45) is 5.73 Å². The van der Waals surface area contributed by atoms with Crippen LogP contribution >= 0.6 is 11.3 Å². The second-order valence-electron chi connectivity index (χ2n) is 4.32. The third kappa shape index (κ3) is 1.17. The number of thiophene rings is 1. The maximum atomic E-state index is 13.4. The highest BCUT2D eigenvalue weighted by Crippen LogP contribution is 2.62. The fourth-order valence-corrected chi connectivity index (χ4v) is 3.46. The van der Waals surface area contributed by atoms with Crippen molar-refractivity contribution in [1.82, 2.24) is 0 Å². The molecule has 1 saturated carbocycles. The Morgan fingerprint density at radius 2 is 2.00 bits per heavy atom. The molecule has 3 rings (SSSR count). The van der Waals surface area contributed by atoms with Gasteiger partial charge in [0.1, 0.15) is 0 Å². The van der Waals surface area contributed by atoms with Crippen LogP contribution in [0.3, 0.4) is 0 Å². The monoisotopic (exact) mass is 239 g/mol. The molecule has 16 heavy (non-hydrogen) atoms. The lowest BCUT2D eigenvalue weighted by atomic mass is 10.0. The molecule has 1 heterocycles. The second-order valence-corrected chi connectivity index (χ2v) is 5.40. The van der Waals surface area contributed by atoms with Gasteiger partial charge in [0.05, 0.1) is 5.41 Å². The molecule has 0 saturated heterocycles. The molecular weight excluding hydrogens is 228 g/mol. The first-order chi connectivity index (χ1) is 7.59. The average Bonchev–Trinajstić information content (AvgIpc) is 2.67. The van der Waals surface area contributed by atoms with E-state index in [0.29, 0.717) is 0 Å². The minimum absolute atomic E-state index is 0.0207. The van der Waals surface area contributed by atoms with Crippen molar-refractivity contribution >= 4 is 21.4 Å². The Bertz CT molecular complexity index is 516. The number of nitrogens with two attached hydrogens (primary N) is 1. The van der Waals surface area contributed by atoms with Crippen LogP contribution in [0, 0.1) is 0 Å². The summed E-state index contributed by atoms with van der Waals surface area (Å²) in [6, 6.07) is 9.59. The fraction of sp³-hybridized carbons (Fsp3) is 0.333. The summed E-state index contributed by atoms with van der Waals surface area (Å²) >= 11 is 1.43. The maximum absolute atomic E-state index is 13.4. The van der Waals surface area contributed by atoms with Gasteiger partial charge in [-0.2, -0.15) is 0 Å². The number of hydrogen-bond donors (Lipinski definition) is 1. The molecule has 0 spiro atoms. The van der Waals surface area contributed by atoms with Gasteiger partial charge in [-0.25, -0.2) is 8.78 Å². The molecule has 1 aliphatic rings. The zero-order chi connectivity index (χ0) is 11.4. The van der Waals surface area contributed by atoms with Gasteiger partial charge >= 0.3 is 0 Å². The van der Waals surface area contributed by atoms with E-state index in [1.807, 2.05) is 30.3 Å². The third-order valence-electron chi connectivity index (χ3n) is 3.34. The molecule has 4 heteroatoms. The predicted octanol–water partition coefficient (Wildman–Crippen LogP) is 3.14. The van der Waals surface area contributed by atoms with E-state index in [1.165, 1.54) is 11.3 Å². The lowest BCUT2D eigenvalue weighted by molar-refractivity contribution is 0.0904. The van der Waals surface area contributed by atoms with Crippen molar-refractivity contribution < 1.29 is 8.78 Å². The molecule has 1 aromatic carbocycles. The molecule has 2 aromatic rings. The Labute approximate surface area is 95.9 Å². The van der Waals surface area contributed by atoms with Gasteiger partial charge in [-0.15, -0.1) is 11.3 Å². The fourth-order valence-electron chi connectivity index (χ4n) is 2.14. The van der Waals surface area contributed by atoms with E-state index in [0.717, 1.165) is 15.0 Å². The van der Waals surface area contributed by atoms with Crippen LogP contribution in [0.2, 0.25) is 0 Å². The maximum Gasteiger partial charge on any atom is 0.261 e. The topological polar surface area (TPSA) is 26.0 Å². The summed E-state index contributed by atoms with van der Waals surface area (Å²) in [5, 5.41) is 1.03. The molecule has 84 valence electrons. The van der Waals surface area contributed by atoms with Gasteiger partial charge in [0.15, 0.2) is 0 Å². The lowest BCUT2D eigenvalue weighted by Crippen LogP contribution is -2.25. The van der Waals surface area contributed by atoms with E-state index in [9.17, 15) is 8.78 Å². The first kappa shape index (κ1) is 10.2. The van der Waals surface area contributed by atoms with Crippen LogP contribution < -0.4 is 5.73 Å². The normalized spacial score (nSPS) is 27.2. The molecule has 1 unspecified atom stereocenters. The number of rotatable bonds is 2. The summed E-state index contributed by atoms with van der Waals surface area (Å²) in [6.45, 7) is 0.0207. The molecule has 0 radical (unpaired) electrons. The van der Waals surface area contributed by atoms with E-state index >= 15 is 0 Å². The first-order valence-electron chi connectivity index (χ1n) is 5.16. The smallest absolute Gasteiger partial charge is 0.261 e. The van der Waals surface area contributed by atoms with Crippen LogP contribution in [-0.4, -0.2) is 12.5 Å². The molecule has 1 fully saturated rings. The molecule has 1 nitrogen and oxygen atoms in total. The number of benzene rings is 1. The van der Waals surface area contributed by atoms with Crippen LogP contribution in [0.1, 0.15) is 11.3 Å². The molecule has 1 atom stereocenters. The Morgan fingerprint density at radius 3 is 2.56 bits per heavy atom. The standard InChI is InChI=1S/C12H11F2NS/c13-12(14)6-11(12,7-15)10-5-8-3-1-2-4-9(8)16-10/h1-5H,6-7,15H2. The van der Waals surface area contributed by atoms with Crippen LogP contribution in [0.25, 0.3) is 10.1 Å². The summed E-state index contributed by atoms with van der Waals surface area (Å²) in [5.41, 5.74) is 4.44. The van der Waals surface area contributed by atoms with Crippen molar-refractivity contribution in [2.75, 3.05) is 6.54 Å². The van der Waals surface area contributed by atoms with Crippen LogP contribution in [0.15, 0.2) is 30.3 Å². The Kier molecular flexibility index (Phi) is 1.92. The number of halogens is 2. The third-order valence-corrected chi connectivity index (χ3v) is 4.66. The molecule has 0 bridgehead atoms. The lowest BCUT2D eigenvalue weighted by Gasteiger charge is -2.10. The van der Waals surface area contributed by atoms with Crippen molar-refractivity contribution in [3.63, 3.8) is 0 Å². The summed E-state index contributed by atoms with van der Waals surface area (Å²) in [7, 11) is 0. The van der Waals surface area contributed by atoms with Crippen LogP contribution in [0.5, 0.6) is 0 Å². The molecule has 0 aliphatic heterocycles. The first-order valence-corrected chi connectivity index (χ1v) is 5.98. The molecular formula is C12H11F2NS. The van der Waals surface area contributed by atoms with Gasteiger partial charge in [-0.05, 0) is 17.5 Å².